The van der Waals surface area contributed by atoms with E-state index in [-0.39, 0.29) is 17.9 Å². The van der Waals surface area contributed by atoms with Crippen molar-refractivity contribution >= 4 is 6.03 Å². The van der Waals surface area contributed by atoms with Crippen LogP contribution >= 0.6 is 0 Å². The van der Waals surface area contributed by atoms with Crippen molar-refractivity contribution in [1.82, 2.24) is 15.1 Å². The summed E-state index contributed by atoms with van der Waals surface area (Å²) in [5.74, 6) is -0.255. The highest BCUT2D eigenvalue weighted by atomic mass is 19.1. The Labute approximate surface area is 157 Å². The van der Waals surface area contributed by atoms with Gasteiger partial charge in [-0.1, -0.05) is 31.2 Å². The zero-order valence-corrected chi connectivity index (χ0v) is 16.5. The molecule has 5 heteroatoms. The van der Waals surface area contributed by atoms with Gasteiger partial charge in [-0.3, -0.25) is 0 Å². The third-order valence-corrected chi connectivity index (χ3v) is 4.86. The van der Waals surface area contributed by atoms with E-state index < -0.39 is 5.54 Å². The first-order chi connectivity index (χ1) is 12.3. The summed E-state index contributed by atoms with van der Waals surface area (Å²) in [4.78, 5) is 17.3. The van der Waals surface area contributed by atoms with Crippen molar-refractivity contribution in [2.45, 2.75) is 58.2 Å². The van der Waals surface area contributed by atoms with E-state index in [9.17, 15) is 9.18 Å². The van der Waals surface area contributed by atoms with Gasteiger partial charge in [0, 0.05) is 12.6 Å². The van der Waals surface area contributed by atoms with Crippen LogP contribution in [-0.2, 0) is 6.54 Å². The number of hydrogen-bond donors (Lipinski definition) is 1. The van der Waals surface area contributed by atoms with E-state index >= 15 is 0 Å². The van der Waals surface area contributed by atoms with Crippen molar-refractivity contribution < 1.29 is 9.18 Å². The lowest BCUT2D eigenvalue weighted by Gasteiger charge is -2.39. The Morgan fingerprint density at radius 1 is 1.31 bits per heavy atom. The molecule has 1 saturated heterocycles. The summed E-state index contributed by atoms with van der Waals surface area (Å²) < 4.78 is 13.2. The number of carbonyl (C=O) groups is 1. The largest absolute Gasteiger partial charge is 0.330 e. The van der Waals surface area contributed by atoms with Gasteiger partial charge < -0.3 is 15.1 Å². The van der Waals surface area contributed by atoms with Crippen molar-refractivity contribution in [3.8, 4) is 0 Å². The van der Waals surface area contributed by atoms with Gasteiger partial charge in [-0.15, -0.1) is 0 Å². The van der Waals surface area contributed by atoms with Crippen molar-refractivity contribution in [2.24, 2.45) is 0 Å². The minimum absolute atomic E-state index is 0.0605. The lowest BCUT2D eigenvalue weighted by molar-refractivity contribution is 0.123. The van der Waals surface area contributed by atoms with Crippen LogP contribution in [-0.4, -0.2) is 47.5 Å². The molecule has 0 spiro atoms. The summed E-state index contributed by atoms with van der Waals surface area (Å²) in [5, 5.41) is 3.14. The Bertz CT molecular complexity index is 604. The molecule has 144 valence electrons. The number of carbonyl (C=O) groups excluding carboxylic acids is 1. The molecule has 0 saturated carbocycles. The highest BCUT2D eigenvalue weighted by Gasteiger charge is 2.29. The third kappa shape index (κ3) is 6.13. The second-order valence-electron chi connectivity index (χ2n) is 7.75. The minimum atomic E-state index is -0.403. The summed E-state index contributed by atoms with van der Waals surface area (Å²) in [6.07, 6.45) is 6.95. The number of nitrogens with zero attached hydrogens (tertiary/aromatic N) is 2. The molecule has 1 aromatic rings. The lowest BCUT2D eigenvalue weighted by atomic mass is 10.0. The predicted molar refractivity (Wildman–Crippen MR) is 105 cm³/mol. The van der Waals surface area contributed by atoms with Crippen molar-refractivity contribution in [1.29, 1.82) is 0 Å². The van der Waals surface area contributed by atoms with Crippen LogP contribution < -0.4 is 5.32 Å². The molecular formula is C21H32FN3O. The first-order valence-electron chi connectivity index (χ1n) is 9.50. The zero-order valence-electron chi connectivity index (χ0n) is 16.5. The van der Waals surface area contributed by atoms with Gasteiger partial charge >= 0.3 is 6.03 Å². The van der Waals surface area contributed by atoms with Crippen LogP contribution in [0.15, 0.2) is 36.4 Å². The monoisotopic (exact) mass is 361 g/mol. The number of nitrogens with one attached hydrogen (secondary N) is 1. The molecule has 1 fully saturated rings. The van der Waals surface area contributed by atoms with E-state index in [4.69, 9.17) is 0 Å². The average molecular weight is 362 g/mol. The number of hydrogen-bond acceptors (Lipinski definition) is 2. The molecule has 0 unspecified atom stereocenters. The van der Waals surface area contributed by atoms with E-state index in [2.05, 4.69) is 30.3 Å². The Hall–Kier alpha value is -1.88. The first kappa shape index (κ1) is 20.4. The molecule has 1 heterocycles. The molecule has 1 N–H and O–H groups in total. The second kappa shape index (κ2) is 9.17. The Kier molecular flexibility index (Phi) is 7.21. The smallest absolute Gasteiger partial charge is 0.318 e. The molecule has 0 aliphatic carbocycles. The summed E-state index contributed by atoms with van der Waals surface area (Å²) >= 11 is 0. The second-order valence-corrected chi connectivity index (χ2v) is 7.75. The van der Waals surface area contributed by atoms with Crippen LogP contribution in [0.3, 0.4) is 0 Å². The highest BCUT2D eigenvalue weighted by molar-refractivity contribution is 5.75. The van der Waals surface area contributed by atoms with E-state index in [1.54, 1.807) is 12.1 Å². The SMILES string of the molecule is CC/C=C\C(C)(C)NC(=O)N(Cc1ccc(F)cc1)C1CCN(C)CC1. The number of halogens is 1. The van der Waals surface area contributed by atoms with Crippen molar-refractivity contribution in [3.63, 3.8) is 0 Å². The standard InChI is InChI=1S/C21H32FN3O/c1-5-6-13-21(2,3)23-20(26)25(19-11-14-24(4)15-12-19)16-17-7-9-18(22)10-8-17/h6-10,13,19H,5,11-12,14-16H2,1-4H3,(H,23,26)/b13-6-. The van der Waals surface area contributed by atoms with Gasteiger partial charge in [-0.05, 0) is 70.9 Å². The highest BCUT2D eigenvalue weighted by Crippen LogP contribution is 2.20. The van der Waals surface area contributed by atoms with Gasteiger partial charge in [0.25, 0.3) is 0 Å². The summed E-state index contributed by atoms with van der Waals surface area (Å²) in [5.41, 5.74) is 0.543. The third-order valence-electron chi connectivity index (χ3n) is 4.86. The van der Waals surface area contributed by atoms with E-state index in [0.29, 0.717) is 6.54 Å². The van der Waals surface area contributed by atoms with Crippen LogP contribution in [0.25, 0.3) is 0 Å². The molecule has 1 aliphatic rings. The fourth-order valence-corrected chi connectivity index (χ4v) is 3.26. The Morgan fingerprint density at radius 2 is 1.92 bits per heavy atom. The number of allylic oxidation sites excluding steroid dienone is 1. The summed E-state index contributed by atoms with van der Waals surface area (Å²) in [7, 11) is 2.11. The van der Waals surface area contributed by atoms with Gasteiger partial charge in [-0.2, -0.15) is 0 Å². The number of piperidine rings is 1. The fraction of sp³-hybridized carbons (Fsp3) is 0.571. The number of urea groups is 1. The van der Waals surface area contributed by atoms with Crippen LogP contribution in [0.1, 0.15) is 45.6 Å². The topological polar surface area (TPSA) is 35.6 Å². The maximum Gasteiger partial charge on any atom is 0.318 e. The van der Waals surface area contributed by atoms with Gasteiger partial charge in [0.2, 0.25) is 0 Å². The van der Waals surface area contributed by atoms with Crippen molar-refractivity contribution in [2.75, 3.05) is 20.1 Å². The number of likely N-dealkylation sites (tertiary alicyclic amines) is 1. The van der Waals surface area contributed by atoms with Gasteiger partial charge in [0.1, 0.15) is 5.82 Å². The molecular weight excluding hydrogens is 329 g/mol. The maximum atomic E-state index is 13.2. The van der Waals surface area contributed by atoms with E-state index in [0.717, 1.165) is 37.9 Å². The van der Waals surface area contributed by atoms with Crippen LogP contribution in [0.2, 0.25) is 0 Å². The molecule has 0 radical (unpaired) electrons. The van der Waals surface area contributed by atoms with Crippen LogP contribution in [0, 0.1) is 5.82 Å². The number of amides is 2. The number of rotatable bonds is 6. The predicted octanol–water partition coefficient (Wildman–Crippen LogP) is 4.18. The minimum Gasteiger partial charge on any atom is -0.330 e. The van der Waals surface area contributed by atoms with E-state index in [1.165, 1.54) is 12.1 Å². The molecule has 2 rings (SSSR count). The van der Waals surface area contributed by atoms with Crippen molar-refractivity contribution in [3.05, 3.63) is 47.8 Å². The summed E-state index contributed by atoms with van der Waals surface area (Å²) in [6, 6.07) is 6.55. The fourth-order valence-electron chi connectivity index (χ4n) is 3.26. The van der Waals surface area contributed by atoms with E-state index in [1.807, 2.05) is 24.8 Å². The average Bonchev–Trinajstić information content (AvgIpc) is 2.60. The maximum absolute atomic E-state index is 13.2. The van der Waals surface area contributed by atoms with Crippen LogP contribution in [0.5, 0.6) is 0 Å². The molecule has 1 aliphatic heterocycles. The molecule has 0 bridgehead atoms. The molecule has 0 aromatic heterocycles. The molecule has 26 heavy (non-hydrogen) atoms. The summed E-state index contributed by atoms with van der Waals surface area (Å²) in [6.45, 7) is 8.54. The zero-order chi connectivity index (χ0) is 19.2. The van der Waals surface area contributed by atoms with Gasteiger partial charge in [-0.25, -0.2) is 9.18 Å². The Balaban J connectivity index is 2.14. The molecule has 2 amide bonds. The number of benzene rings is 1. The Morgan fingerprint density at radius 3 is 2.50 bits per heavy atom. The van der Waals surface area contributed by atoms with Gasteiger partial charge in [0.05, 0.1) is 5.54 Å². The quantitative estimate of drug-likeness (QED) is 0.772. The molecule has 1 aromatic carbocycles. The van der Waals surface area contributed by atoms with Crippen LogP contribution in [0.4, 0.5) is 9.18 Å². The molecule has 0 atom stereocenters. The lowest BCUT2D eigenvalue weighted by Crippen LogP contribution is -2.54. The first-order valence-corrected chi connectivity index (χ1v) is 9.50. The normalized spacial score (nSPS) is 16.8. The molecule has 4 nitrogen and oxygen atoms in total. The van der Waals surface area contributed by atoms with Gasteiger partial charge in [0.15, 0.2) is 0 Å².